The van der Waals surface area contributed by atoms with Crippen molar-refractivity contribution in [1.29, 1.82) is 0 Å². The Labute approximate surface area is 173 Å². The predicted octanol–water partition coefficient (Wildman–Crippen LogP) is 4.12. The maximum Gasteiger partial charge on any atom is 0.410 e. The molecule has 1 aliphatic heterocycles. The lowest BCUT2D eigenvalue weighted by Crippen LogP contribution is -2.48. The van der Waals surface area contributed by atoms with Gasteiger partial charge in [-0.15, -0.1) is 0 Å². The average molecular weight is 460 g/mol. The van der Waals surface area contributed by atoms with Crippen LogP contribution >= 0.6 is 11.6 Å². The van der Waals surface area contributed by atoms with Gasteiger partial charge < -0.3 is 9.64 Å². The minimum Gasteiger partial charge on any atom is -0.444 e. The van der Waals surface area contributed by atoms with E-state index in [0.29, 0.717) is 0 Å². The van der Waals surface area contributed by atoms with E-state index in [1.807, 2.05) is 0 Å². The first-order valence-corrected chi connectivity index (χ1v) is 10.9. The van der Waals surface area contributed by atoms with Crippen LogP contribution in [-0.2, 0) is 21.6 Å². The van der Waals surface area contributed by atoms with Gasteiger partial charge in [-0.1, -0.05) is 11.6 Å². The Morgan fingerprint density at radius 3 is 2.21 bits per heavy atom. The lowest BCUT2D eigenvalue weighted by molar-refractivity contribution is 0.0130. The summed E-state index contributed by atoms with van der Waals surface area (Å²) in [5, 5.41) is -0.0221. The van der Waals surface area contributed by atoms with Gasteiger partial charge in [-0.3, -0.25) is 4.68 Å². The molecule has 2 rings (SSSR count). The Morgan fingerprint density at radius 2 is 1.76 bits per heavy atom. The van der Waals surface area contributed by atoms with E-state index < -0.39 is 54.6 Å². The number of carbonyl (C=O) groups excluding carboxylic acids is 1. The molecular formula is C17H25ClF3N3O4S. The highest BCUT2D eigenvalue weighted by Crippen LogP contribution is 2.43. The average Bonchev–Trinajstić information content (AvgIpc) is 2.89. The molecule has 12 heteroatoms. The van der Waals surface area contributed by atoms with Gasteiger partial charge >= 0.3 is 6.09 Å². The Bertz CT molecular complexity index is 873. The van der Waals surface area contributed by atoms with Gasteiger partial charge in [0.2, 0.25) is 14.8 Å². The lowest BCUT2D eigenvalue weighted by atomic mass is 9.92. The molecule has 1 amide bonds. The van der Waals surface area contributed by atoms with Crippen molar-refractivity contribution in [2.75, 3.05) is 13.1 Å². The molecule has 0 aromatic carbocycles. The van der Waals surface area contributed by atoms with Gasteiger partial charge in [-0.25, -0.2) is 26.4 Å². The molecule has 1 aromatic rings. The van der Waals surface area contributed by atoms with E-state index in [0.717, 1.165) is 11.6 Å². The SMILES string of the molecule is Cn1nc(C(F)F)c(S(=O)(=O)C(C)(F)C2CCN(C(=O)OC(C)(C)C)CC2)c1Cl. The molecule has 1 atom stereocenters. The van der Waals surface area contributed by atoms with Crippen LogP contribution < -0.4 is 0 Å². The molecule has 1 saturated heterocycles. The molecule has 0 saturated carbocycles. The summed E-state index contributed by atoms with van der Waals surface area (Å²) in [6.07, 6.45) is -3.77. The molecule has 0 aliphatic carbocycles. The van der Waals surface area contributed by atoms with E-state index in [-0.39, 0.29) is 25.9 Å². The van der Waals surface area contributed by atoms with Crippen molar-refractivity contribution in [2.24, 2.45) is 13.0 Å². The Morgan fingerprint density at radius 1 is 1.24 bits per heavy atom. The standard InChI is InChI=1S/C17H25ClF3N3O4S/c1-16(2,3)28-15(25)24-8-6-10(7-9-24)17(4,21)29(26,27)12-11(14(19)20)22-23(5)13(12)18/h10,14H,6-9H2,1-5H3. The molecular weight excluding hydrogens is 435 g/mol. The molecule has 1 aliphatic rings. The van der Waals surface area contributed by atoms with Crippen molar-refractivity contribution < 1.29 is 31.1 Å². The number of alkyl halides is 3. The molecule has 7 nitrogen and oxygen atoms in total. The number of ether oxygens (including phenoxy) is 1. The molecule has 0 spiro atoms. The molecule has 166 valence electrons. The van der Waals surface area contributed by atoms with Crippen LogP contribution in [0.1, 0.15) is 52.7 Å². The van der Waals surface area contributed by atoms with Gasteiger partial charge in [0.25, 0.3) is 6.43 Å². The number of amides is 1. The topological polar surface area (TPSA) is 81.5 Å². The monoisotopic (exact) mass is 459 g/mol. The normalized spacial score (nSPS) is 18.8. The van der Waals surface area contributed by atoms with Gasteiger partial charge in [0.05, 0.1) is 0 Å². The van der Waals surface area contributed by atoms with E-state index in [4.69, 9.17) is 16.3 Å². The van der Waals surface area contributed by atoms with E-state index in [2.05, 4.69) is 5.10 Å². The predicted molar refractivity (Wildman–Crippen MR) is 100 cm³/mol. The lowest BCUT2D eigenvalue weighted by Gasteiger charge is -2.38. The number of carbonyl (C=O) groups is 1. The zero-order chi connectivity index (χ0) is 22.4. The molecule has 0 N–H and O–H groups in total. The number of aromatic nitrogens is 2. The number of piperidine rings is 1. The maximum absolute atomic E-state index is 15.6. The minimum absolute atomic E-state index is 0.0212. The van der Waals surface area contributed by atoms with Crippen LogP contribution in [0.15, 0.2) is 4.90 Å². The summed E-state index contributed by atoms with van der Waals surface area (Å²) in [7, 11) is -3.69. The summed E-state index contributed by atoms with van der Waals surface area (Å²) < 4.78 is 74.1. The third-order valence-corrected chi connectivity index (χ3v) is 7.71. The summed E-state index contributed by atoms with van der Waals surface area (Å²) in [6.45, 7) is 6.13. The fraction of sp³-hybridized carbons (Fsp3) is 0.765. The van der Waals surface area contributed by atoms with Crippen LogP contribution in [0.2, 0.25) is 5.15 Å². The third-order valence-electron chi connectivity index (χ3n) is 4.84. The van der Waals surface area contributed by atoms with Gasteiger partial charge in [0.1, 0.15) is 21.3 Å². The second kappa shape index (κ2) is 7.98. The molecule has 0 bridgehead atoms. The van der Waals surface area contributed by atoms with Crippen molar-refractivity contribution in [3.05, 3.63) is 10.8 Å². The quantitative estimate of drug-likeness (QED) is 0.676. The highest BCUT2D eigenvalue weighted by Gasteiger charge is 2.52. The second-order valence-corrected chi connectivity index (χ2v) is 10.7. The fourth-order valence-corrected chi connectivity index (χ4v) is 5.49. The van der Waals surface area contributed by atoms with Crippen molar-refractivity contribution in [1.82, 2.24) is 14.7 Å². The zero-order valence-corrected chi connectivity index (χ0v) is 18.5. The molecule has 1 unspecified atom stereocenters. The van der Waals surface area contributed by atoms with Crippen molar-refractivity contribution in [2.45, 2.75) is 62.5 Å². The highest BCUT2D eigenvalue weighted by atomic mass is 35.5. The summed E-state index contributed by atoms with van der Waals surface area (Å²) in [5.74, 6) is -1.02. The second-order valence-electron chi connectivity index (χ2n) is 8.16. The van der Waals surface area contributed by atoms with Crippen LogP contribution in [0.3, 0.4) is 0 Å². The highest BCUT2D eigenvalue weighted by molar-refractivity contribution is 7.92. The van der Waals surface area contributed by atoms with Crippen LogP contribution in [-0.4, -0.2) is 52.9 Å². The Hall–Kier alpha value is -1.49. The molecule has 1 fully saturated rings. The summed E-state index contributed by atoms with van der Waals surface area (Å²) >= 11 is 5.87. The van der Waals surface area contributed by atoms with Gasteiger partial charge in [-0.2, -0.15) is 5.10 Å². The summed E-state index contributed by atoms with van der Waals surface area (Å²) in [5.41, 5.74) is -1.78. The molecule has 29 heavy (non-hydrogen) atoms. The molecule has 0 radical (unpaired) electrons. The molecule has 2 heterocycles. The van der Waals surface area contributed by atoms with E-state index in [9.17, 15) is 22.0 Å². The minimum atomic E-state index is -4.89. The smallest absolute Gasteiger partial charge is 0.410 e. The van der Waals surface area contributed by atoms with Gasteiger partial charge in [0.15, 0.2) is 0 Å². The first kappa shape index (κ1) is 23.8. The number of sulfone groups is 1. The number of halogens is 4. The number of nitrogens with zero attached hydrogens (tertiary/aromatic N) is 3. The van der Waals surface area contributed by atoms with Crippen LogP contribution in [0.25, 0.3) is 0 Å². The van der Waals surface area contributed by atoms with Crippen LogP contribution in [0.4, 0.5) is 18.0 Å². The third kappa shape index (κ3) is 4.65. The maximum atomic E-state index is 15.6. The summed E-state index contributed by atoms with van der Waals surface area (Å²) in [4.78, 5) is 12.5. The summed E-state index contributed by atoms with van der Waals surface area (Å²) in [6, 6.07) is 0. The Kier molecular flexibility index (Phi) is 6.54. The fourth-order valence-electron chi connectivity index (χ4n) is 3.22. The van der Waals surface area contributed by atoms with Gasteiger partial charge in [0, 0.05) is 26.1 Å². The molecule has 1 aromatic heterocycles. The Balaban J connectivity index is 2.25. The van der Waals surface area contributed by atoms with E-state index >= 15 is 4.39 Å². The first-order valence-electron chi connectivity index (χ1n) is 9.01. The van der Waals surface area contributed by atoms with E-state index in [1.165, 1.54) is 11.9 Å². The zero-order valence-electron chi connectivity index (χ0n) is 16.9. The number of hydrogen-bond donors (Lipinski definition) is 0. The van der Waals surface area contributed by atoms with Crippen LogP contribution in [0, 0.1) is 5.92 Å². The van der Waals surface area contributed by atoms with E-state index in [1.54, 1.807) is 20.8 Å². The van der Waals surface area contributed by atoms with Crippen molar-refractivity contribution in [3.8, 4) is 0 Å². The number of likely N-dealkylation sites (tertiary alicyclic amines) is 1. The largest absolute Gasteiger partial charge is 0.444 e. The van der Waals surface area contributed by atoms with Crippen molar-refractivity contribution in [3.63, 3.8) is 0 Å². The van der Waals surface area contributed by atoms with Crippen LogP contribution in [0.5, 0.6) is 0 Å². The first-order chi connectivity index (χ1) is 13.1. The van der Waals surface area contributed by atoms with Gasteiger partial charge in [-0.05, 0) is 40.5 Å². The number of aryl methyl sites for hydroxylation is 1. The van der Waals surface area contributed by atoms with Crippen molar-refractivity contribution >= 4 is 27.5 Å². The number of hydrogen-bond acceptors (Lipinski definition) is 5. The number of rotatable bonds is 4.